The molecule has 1 amide bonds. The van der Waals surface area contributed by atoms with Crippen LogP contribution in [0.15, 0.2) is 0 Å². The molecule has 2 fully saturated rings. The molecule has 4 heteroatoms. The van der Waals surface area contributed by atoms with Crippen molar-refractivity contribution in [2.75, 3.05) is 19.7 Å². The first-order valence-corrected chi connectivity index (χ1v) is 6.34. The van der Waals surface area contributed by atoms with Gasteiger partial charge in [0.1, 0.15) is 0 Å². The van der Waals surface area contributed by atoms with Crippen LogP contribution in [-0.4, -0.2) is 47.2 Å². The average Bonchev–Trinajstić information content (AvgIpc) is 2.62. The number of nitrogens with zero attached hydrogens (tertiary/aromatic N) is 1. The molecule has 2 N–H and O–H groups in total. The molecule has 0 bridgehead atoms. The normalized spacial score (nSPS) is 30.1. The number of aliphatic hydroxyl groups is 1. The third-order valence-corrected chi connectivity index (χ3v) is 3.96. The molecule has 2 rings (SSSR count). The molecule has 1 saturated heterocycles. The minimum Gasteiger partial charge on any atom is -0.395 e. The van der Waals surface area contributed by atoms with Crippen LogP contribution in [0.2, 0.25) is 0 Å². The van der Waals surface area contributed by atoms with E-state index in [-0.39, 0.29) is 18.1 Å². The van der Waals surface area contributed by atoms with Gasteiger partial charge in [-0.25, -0.2) is 0 Å². The van der Waals surface area contributed by atoms with Crippen molar-refractivity contribution < 1.29 is 9.90 Å². The van der Waals surface area contributed by atoms with Crippen LogP contribution in [0, 0.1) is 0 Å². The highest BCUT2D eigenvalue weighted by Crippen LogP contribution is 2.29. The maximum atomic E-state index is 12.4. The number of hydrogen-bond acceptors (Lipinski definition) is 3. The van der Waals surface area contributed by atoms with Crippen molar-refractivity contribution in [2.24, 2.45) is 0 Å². The first kappa shape index (κ1) is 11.9. The molecular formula is C12H22N2O2. The maximum Gasteiger partial charge on any atom is 0.242 e. The van der Waals surface area contributed by atoms with Gasteiger partial charge in [-0.2, -0.15) is 0 Å². The SMILES string of the molecule is CC1(C(=O)N(CCO)C2CCC2)CCCN1. The summed E-state index contributed by atoms with van der Waals surface area (Å²) in [6, 6.07) is 0.374. The number of aliphatic hydroxyl groups excluding tert-OH is 1. The van der Waals surface area contributed by atoms with Gasteiger partial charge in [0.25, 0.3) is 0 Å². The zero-order valence-electron chi connectivity index (χ0n) is 10.0. The van der Waals surface area contributed by atoms with E-state index in [2.05, 4.69) is 5.32 Å². The Morgan fingerprint density at radius 3 is 2.69 bits per heavy atom. The lowest BCUT2D eigenvalue weighted by atomic mass is 9.89. The van der Waals surface area contributed by atoms with E-state index in [4.69, 9.17) is 5.11 Å². The molecule has 1 heterocycles. The van der Waals surface area contributed by atoms with E-state index in [1.165, 1.54) is 6.42 Å². The highest BCUT2D eigenvalue weighted by molar-refractivity contribution is 5.86. The average molecular weight is 226 g/mol. The molecule has 0 spiro atoms. The van der Waals surface area contributed by atoms with Crippen molar-refractivity contribution in [1.82, 2.24) is 10.2 Å². The maximum absolute atomic E-state index is 12.4. The van der Waals surface area contributed by atoms with Gasteiger partial charge >= 0.3 is 0 Å². The Kier molecular flexibility index (Phi) is 3.50. The molecule has 1 saturated carbocycles. The third-order valence-electron chi connectivity index (χ3n) is 3.96. The van der Waals surface area contributed by atoms with E-state index in [1.54, 1.807) is 0 Å². The molecule has 92 valence electrons. The Labute approximate surface area is 97.0 Å². The molecule has 4 nitrogen and oxygen atoms in total. The van der Waals surface area contributed by atoms with Gasteiger partial charge in [0, 0.05) is 12.6 Å². The fourth-order valence-electron chi connectivity index (χ4n) is 2.65. The molecule has 16 heavy (non-hydrogen) atoms. The van der Waals surface area contributed by atoms with Crippen LogP contribution in [0.4, 0.5) is 0 Å². The molecule has 1 aliphatic heterocycles. The summed E-state index contributed by atoms with van der Waals surface area (Å²) in [5.41, 5.74) is -0.384. The minimum absolute atomic E-state index is 0.0678. The Balaban J connectivity index is 2.03. The van der Waals surface area contributed by atoms with Crippen molar-refractivity contribution in [3.05, 3.63) is 0 Å². The highest BCUT2D eigenvalue weighted by Gasteiger charge is 2.41. The molecule has 0 radical (unpaired) electrons. The molecule has 1 aliphatic carbocycles. The molecule has 1 atom stereocenters. The van der Waals surface area contributed by atoms with Crippen LogP contribution in [0.25, 0.3) is 0 Å². The van der Waals surface area contributed by atoms with Crippen LogP contribution in [0.5, 0.6) is 0 Å². The lowest BCUT2D eigenvalue weighted by Gasteiger charge is -2.41. The predicted molar refractivity (Wildman–Crippen MR) is 62.1 cm³/mol. The summed E-state index contributed by atoms with van der Waals surface area (Å²) in [4.78, 5) is 14.3. The molecule has 2 aliphatic rings. The van der Waals surface area contributed by atoms with E-state index in [0.717, 1.165) is 32.2 Å². The van der Waals surface area contributed by atoms with Crippen molar-refractivity contribution in [3.63, 3.8) is 0 Å². The first-order chi connectivity index (χ1) is 7.67. The molecular weight excluding hydrogens is 204 g/mol. The quantitative estimate of drug-likeness (QED) is 0.734. The van der Waals surface area contributed by atoms with Gasteiger partial charge in [-0.1, -0.05) is 0 Å². The fraction of sp³-hybridized carbons (Fsp3) is 0.917. The summed E-state index contributed by atoms with van der Waals surface area (Å²) in [7, 11) is 0. The topological polar surface area (TPSA) is 52.6 Å². The summed E-state index contributed by atoms with van der Waals surface area (Å²) < 4.78 is 0. The fourth-order valence-corrected chi connectivity index (χ4v) is 2.65. The van der Waals surface area contributed by atoms with Crippen molar-refractivity contribution in [2.45, 2.75) is 50.6 Å². The van der Waals surface area contributed by atoms with Crippen molar-refractivity contribution >= 4 is 5.91 Å². The standard InChI is InChI=1S/C12H22N2O2/c1-12(6-3-7-13-12)11(16)14(8-9-15)10-4-2-5-10/h10,13,15H,2-9H2,1H3. The van der Waals surface area contributed by atoms with Gasteiger partial charge in [-0.3, -0.25) is 4.79 Å². The smallest absolute Gasteiger partial charge is 0.242 e. The first-order valence-electron chi connectivity index (χ1n) is 6.34. The van der Waals surface area contributed by atoms with Gasteiger partial charge < -0.3 is 15.3 Å². The summed E-state index contributed by atoms with van der Waals surface area (Å²) in [6.07, 6.45) is 5.40. The van der Waals surface area contributed by atoms with Crippen LogP contribution in [-0.2, 0) is 4.79 Å². The predicted octanol–water partition coefficient (Wildman–Crippen LogP) is 0.502. The Hall–Kier alpha value is -0.610. The van der Waals surface area contributed by atoms with Gasteiger partial charge in [0.2, 0.25) is 5.91 Å². The summed E-state index contributed by atoms with van der Waals surface area (Å²) >= 11 is 0. The van der Waals surface area contributed by atoms with Gasteiger partial charge in [0.05, 0.1) is 12.1 Å². The van der Waals surface area contributed by atoms with Gasteiger partial charge in [-0.15, -0.1) is 0 Å². The monoisotopic (exact) mass is 226 g/mol. The van der Waals surface area contributed by atoms with Crippen molar-refractivity contribution in [3.8, 4) is 0 Å². The van der Waals surface area contributed by atoms with Crippen LogP contribution in [0.1, 0.15) is 39.0 Å². The third kappa shape index (κ3) is 2.09. The Morgan fingerprint density at radius 1 is 1.50 bits per heavy atom. The summed E-state index contributed by atoms with van der Waals surface area (Å²) in [6.45, 7) is 3.48. The summed E-state index contributed by atoms with van der Waals surface area (Å²) in [5, 5.41) is 12.4. The van der Waals surface area contributed by atoms with E-state index < -0.39 is 0 Å². The second-order valence-electron chi connectivity index (χ2n) is 5.17. The highest BCUT2D eigenvalue weighted by atomic mass is 16.3. The molecule has 0 aromatic carbocycles. The van der Waals surface area contributed by atoms with E-state index in [0.29, 0.717) is 12.6 Å². The van der Waals surface area contributed by atoms with Crippen LogP contribution < -0.4 is 5.32 Å². The van der Waals surface area contributed by atoms with E-state index >= 15 is 0 Å². The Morgan fingerprint density at radius 2 is 2.25 bits per heavy atom. The van der Waals surface area contributed by atoms with Gasteiger partial charge in [-0.05, 0) is 45.6 Å². The van der Waals surface area contributed by atoms with Crippen LogP contribution >= 0.6 is 0 Å². The Bertz CT molecular complexity index is 258. The van der Waals surface area contributed by atoms with Crippen LogP contribution in [0.3, 0.4) is 0 Å². The van der Waals surface area contributed by atoms with Crippen molar-refractivity contribution in [1.29, 1.82) is 0 Å². The minimum atomic E-state index is -0.384. The number of carbonyl (C=O) groups is 1. The number of rotatable bonds is 4. The second kappa shape index (κ2) is 4.72. The van der Waals surface area contributed by atoms with E-state index in [1.807, 2.05) is 11.8 Å². The number of hydrogen-bond donors (Lipinski definition) is 2. The largest absolute Gasteiger partial charge is 0.395 e. The number of nitrogens with one attached hydrogen (secondary N) is 1. The summed E-state index contributed by atoms with van der Waals surface area (Å²) in [5.74, 6) is 0.184. The molecule has 1 unspecified atom stereocenters. The van der Waals surface area contributed by atoms with Gasteiger partial charge in [0.15, 0.2) is 0 Å². The zero-order valence-corrected chi connectivity index (χ0v) is 10.0. The molecule has 0 aromatic rings. The molecule has 0 aromatic heterocycles. The zero-order chi connectivity index (χ0) is 11.6. The number of amides is 1. The van der Waals surface area contributed by atoms with E-state index in [9.17, 15) is 4.79 Å². The second-order valence-corrected chi connectivity index (χ2v) is 5.17. The number of carbonyl (C=O) groups excluding carboxylic acids is 1. The lowest BCUT2D eigenvalue weighted by Crippen LogP contribution is -2.57. The lowest BCUT2D eigenvalue weighted by molar-refractivity contribution is -0.142.